The average Bonchev–Trinajstić information content (AvgIpc) is 2.86. The number of carbonyl (C=O) groups excluding carboxylic acids is 2. The molecule has 0 saturated heterocycles. The van der Waals surface area contributed by atoms with Crippen LogP contribution in [-0.2, 0) is 22.4 Å². The number of rotatable bonds is 5. The van der Waals surface area contributed by atoms with Crippen LogP contribution in [0.15, 0.2) is 30.3 Å². The fourth-order valence-corrected chi connectivity index (χ4v) is 4.50. The lowest BCUT2D eigenvalue weighted by molar-refractivity contribution is -0.384. The first kappa shape index (κ1) is 19.8. The molecule has 1 aliphatic carbocycles. The molecular formula is C20H20N2O5S. The van der Waals surface area contributed by atoms with Crippen molar-refractivity contribution in [2.24, 2.45) is 0 Å². The molecule has 7 nitrogen and oxygen atoms in total. The zero-order valence-corrected chi connectivity index (χ0v) is 16.2. The number of ether oxygens (including phenoxy) is 1. The Hall–Kier alpha value is -3.00. The molecule has 1 amide bonds. The Morgan fingerprint density at radius 1 is 1.25 bits per heavy atom. The number of nitro benzene ring substituents is 1. The molecule has 0 bridgehead atoms. The summed E-state index contributed by atoms with van der Waals surface area (Å²) in [6.45, 7) is 0. The van der Waals surface area contributed by atoms with E-state index in [1.807, 2.05) is 0 Å². The molecule has 1 aromatic heterocycles. The lowest BCUT2D eigenvalue weighted by Gasteiger charge is -2.06. The molecule has 3 rings (SSSR count). The number of aryl methyl sites for hydroxylation is 1. The van der Waals surface area contributed by atoms with Gasteiger partial charge in [-0.1, -0.05) is 18.6 Å². The van der Waals surface area contributed by atoms with E-state index in [0.717, 1.165) is 42.5 Å². The normalized spacial score (nSPS) is 13.6. The van der Waals surface area contributed by atoms with E-state index in [9.17, 15) is 19.7 Å². The standard InChI is InChI=1S/C20H20N2O5S/c1-27-20(24)18-15-8-3-2-4-9-16(15)28-19(18)21-17(23)11-10-13-6-5-7-14(12-13)22(25)26/h5-7,10-12H,2-4,8-9H2,1H3,(H,21,23). The Labute approximate surface area is 166 Å². The molecule has 0 unspecified atom stereocenters. The van der Waals surface area contributed by atoms with Crippen molar-refractivity contribution in [1.29, 1.82) is 0 Å². The smallest absolute Gasteiger partial charge is 0.341 e. The van der Waals surface area contributed by atoms with Gasteiger partial charge in [-0.2, -0.15) is 0 Å². The summed E-state index contributed by atoms with van der Waals surface area (Å²) in [5.74, 6) is -0.856. The molecule has 0 spiro atoms. The average molecular weight is 400 g/mol. The topological polar surface area (TPSA) is 98.5 Å². The molecule has 1 N–H and O–H groups in total. The summed E-state index contributed by atoms with van der Waals surface area (Å²) < 4.78 is 4.92. The Kier molecular flexibility index (Phi) is 6.20. The Bertz CT molecular complexity index is 948. The highest BCUT2D eigenvalue weighted by Gasteiger charge is 2.25. The number of anilines is 1. The number of hydrogen-bond acceptors (Lipinski definition) is 6. The van der Waals surface area contributed by atoms with Crippen molar-refractivity contribution in [2.45, 2.75) is 32.1 Å². The minimum Gasteiger partial charge on any atom is -0.465 e. The largest absolute Gasteiger partial charge is 0.465 e. The summed E-state index contributed by atoms with van der Waals surface area (Å²) in [5.41, 5.74) is 1.92. The first-order valence-electron chi connectivity index (χ1n) is 8.96. The van der Waals surface area contributed by atoms with Crippen LogP contribution < -0.4 is 5.32 Å². The monoisotopic (exact) mass is 400 g/mol. The number of nitrogens with zero attached hydrogens (tertiary/aromatic N) is 1. The fraction of sp³-hybridized carbons (Fsp3) is 0.300. The van der Waals surface area contributed by atoms with Gasteiger partial charge >= 0.3 is 5.97 Å². The Morgan fingerprint density at radius 3 is 2.79 bits per heavy atom. The number of methoxy groups -OCH3 is 1. The first-order valence-corrected chi connectivity index (χ1v) is 9.77. The lowest BCUT2D eigenvalue weighted by Crippen LogP contribution is -2.12. The third-order valence-corrected chi connectivity index (χ3v) is 5.76. The second-order valence-electron chi connectivity index (χ2n) is 6.43. The highest BCUT2D eigenvalue weighted by molar-refractivity contribution is 7.17. The highest BCUT2D eigenvalue weighted by Crippen LogP contribution is 2.38. The number of nitrogens with one attached hydrogen (secondary N) is 1. The Balaban J connectivity index is 1.81. The number of hydrogen-bond donors (Lipinski definition) is 1. The van der Waals surface area contributed by atoms with Crippen molar-refractivity contribution in [3.63, 3.8) is 0 Å². The molecule has 146 valence electrons. The molecule has 28 heavy (non-hydrogen) atoms. The van der Waals surface area contributed by atoms with Crippen molar-refractivity contribution < 1.29 is 19.2 Å². The van der Waals surface area contributed by atoms with Crippen molar-refractivity contribution in [3.05, 3.63) is 62.0 Å². The molecule has 2 aromatic rings. The molecule has 0 radical (unpaired) electrons. The van der Waals surface area contributed by atoms with Gasteiger partial charge in [-0.05, 0) is 42.9 Å². The summed E-state index contributed by atoms with van der Waals surface area (Å²) in [5, 5.41) is 14.1. The highest BCUT2D eigenvalue weighted by atomic mass is 32.1. The second kappa shape index (κ2) is 8.79. The first-order chi connectivity index (χ1) is 13.5. The predicted molar refractivity (Wildman–Crippen MR) is 108 cm³/mol. The number of thiophene rings is 1. The van der Waals surface area contributed by atoms with E-state index >= 15 is 0 Å². The number of non-ortho nitro benzene ring substituents is 1. The van der Waals surface area contributed by atoms with E-state index in [1.165, 1.54) is 42.7 Å². The molecule has 0 fully saturated rings. The molecule has 0 saturated carbocycles. The van der Waals surface area contributed by atoms with Gasteiger partial charge in [0, 0.05) is 23.1 Å². The zero-order valence-electron chi connectivity index (χ0n) is 15.4. The van der Waals surface area contributed by atoms with Crippen LogP contribution in [0.1, 0.15) is 45.6 Å². The summed E-state index contributed by atoms with van der Waals surface area (Å²) in [4.78, 5) is 36.1. The molecule has 1 aromatic carbocycles. The van der Waals surface area contributed by atoms with E-state index in [4.69, 9.17) is 4.74 Å². The van der Waals surface area contributed by atoms with Crippen molar-refractivity contribution in [1.82, 2.24) is 0 Å². The van der Waals surface area contributed by atoms with Gasteiger partial charge < -0.3 is 10.1 Å². The maximum atomic E-state index is 12.4. The minimum absolute atomic E-state index is 0.0440. The van der Waals surface area contributed by atoms with Crippen LogP contribution in [-0.4, -0.2) is 23.9 Å². The summed E-state index contributed by atoms with van der Waals surface area (Å²) in [6, 6.07) is 6.00. The number of amides is 1. The van der Waals surface area contributed by atoms with Gasteiger partial charge in [0.1, 0.15) is 5.00 Å². The Morgan fingerprint density at radius 2 is 2.04 bits per heavy atom. The number of esters is 1. The predicted octanol–water partition coefficient (Wildman–Crippen LogP) is 4.36. The number of benzene rings is 1. The second-order valence-corrected chi connectivity index (χ2v) is 7.54. The zero-order chi connectivity index (χ0) is 20.1. The van der Waals surface area contributed by atoms with Crippen LogP contribution in [0, 0.1) is 10.1 Å². The summed E-state index contributed by atoms with van der Waals surface area (Å²) in [6.07, 6.45) is 7.68. The van der Waals surface area contributed by atoms with E-state index in [2.05, 4.69) is 5.32 Å². The van der Waals surface area contributed by atoms with Crippen LogP contribution in [0.2, 0.25) is 0 Å². The van der Waals surface area contributed by atoms with Gasteiger partial charge in [-0.25, -0.2) is 4.79 Å². The number of fused-ring (bicyclic) bond motifs is 1. The summed E-state index contributed by atoms with van der Waals surface area (Å²) >= 11 is 1.42. The molecule has 8 heteroatoms. The maximum absolute atomic E-state index is 12.4. The molecule has 0 atom stereocenters. The lowest BCUT2D eigenvalue weighted by atomic mass is 10.1. The fourth-order valence-electron chi connectivity index (χ4n) is 3.22. The van der Waals surface area contributed by atoms with Crippen molar-refractivity contribution in [3.8, 4) is 0 Å². The number of nitro groups is 1. The van der Waals surface area contributed by atoms with Crippen LogP contribution in [0.3, 0.4) is 0 Å². The molecule has 1 aliphatic rings. The summed E-state index contributed by atoms with van der Waals surface area (Å²) in [7, 11) is 1.33. The van der Waals surface area contributed by atoms with Crippen molar-refractivity contribution in [2.75, 3.05) is 12.4 Å². The van der Waals surface area contributed by atoms with Crippen molar-refractivity contribution >= 4 is 40.0 Å². The molecule has 0 aliphatic heterocycles. The maximum Gasteiger partial charge on any atom is 0.341 e. The molecule has 1 heterocycles. The van der Waals surface area contributed by atoms with Crippen LogP contribution >= 0.6 is 11.3 Å². The van der Waals surface area contributed by atoms with Gasteiger partial charge in [0.15, 0.2) is 0 Å². The van der Waals surface area contributed by atoms with Crippen LogP contribution in [0.4, 0.5) is 10.7 Å². The molecular weight excluding hydrogens is 380 g/mol. The third kappa shape index (κ3) is 4.45. The van der Waals surface area contributed by atoms with Gasteiger partial charge in [0.25, 0.3) is 5.69 Å². The van der Waals surface area contributed by atoms with Gasteiger partial charge in [-0.3, -0.25) is 14.9 Å². The van der Waals surface area contributed by atoms with Gasteiger partial charge in [-0.15, -0.1) is 11.3 Å². The third-order valence-electron chi connectivity index (χ3n) is 4.56. The minimum atomic E-state index is -0.487. The van der Waals surface area contributed by atoms with Gasteiger partial charge in [0.05, 0.1) is 17.6 Å². The van der Waals surface area contributed by atoms with E-state index < -0.39 is 16.8 Å². The van der Waals surface area contributed by atoms with E-state index in [1.54, 1.807) is 12.1 Å². The van der Waals surface area contributed by atoms with Gasteiger partial charge in [0.2, 0.25) is 5.91 Å². The van der Waals surface area contributed by atoms with Crippen LogP contribution in [0.5, 0.6) is 0 Å². The van der Waals surface area contributed by atoms with E-state index in [0.29, 0.717) is 16.1 Å². The quantitative estimate of drug-likeness (QED) is 0.264. The van der Waals surface area contributed by atoms with Crippen LogP contribution in [0.25, 0.3) is 6.08 Å². The number of carbonyl (C=O) groups is 2. The SMILES string of the molecule is COC(=O)c1c(NC(=O)C=Cc2cccc([N+](=O)[O-])c2)sc2c1CCCCC2. The van der Waals surface area contributed by atoms with E-state index in [-0.39, 0.29) is 5.69 Å².